The minimum absolute atomic E-state index is 0.255. The molecular weight excluding hydrogens is 713 g/mol. The predicted molar refractivity (Wildman–Crippen MR) is 213 cm³/mol. The Morgan fingerprint density at radius 1 is 0.904 bits per heavy atom. The standard InChI is InChI=1S/C41H40Cl3N7O/c1-26(31-14-12-28(42)22-33(31)44)51-25-46-38(27-8-4-2-5-9-27)40(51)37-32-15-13-29(43)23-34(32)47-39(37)41(52)48-35-24-45-17-16-36(35)50-20-18-49(19-21-50)30-10-6-3-7-11-30/h2,4-5,8-9,12-17,22-26,30,47H,3,6-7,10-11,18-21H2,1H3,(H,48,52). The van der Waals surface area contributed by atoms with Gasteiger partial charge >= 0.3 is 0 Å². The van der Waals surface area contributed by atoms with Crippen LogP contribution in [0.25, 0.3) is 33.4 Å². The van der Waals surface area contributed by atoms with Crippen molar-refractivity contribution in [1.82, 2.24) is 24.4 Å². The van der Waals surface area contributed by atoms with E-state index in [1.165, 1.54) is 32.1 Å². The largest absolute Gasteiger partial charge is 0.367 e. The fraction of sp³-hybridized carbons (Fsp3) is 0.293. The number of hydrogen-bond acceptors (Lipinski definition) is 5. The van der Waals surface area contributed by atoms with Crippen molar-refractivity contribution in [3.63, 3.8) is 0 Å². The Balaban J connectivity index is 1.20. The van der Waals surface area contributed by atoms with Crippen molar-refractivity contribution < 1.29 is 4.79 Å². The fourth-order valence-corrected chi connectivity index (χ4v) is 8.74. The van der Waals surface area contributed by atoms with E-state index in [1.54, 1.807) is 18.5 Å². The summed E-state index contributed by atoms with van der Waals surface area (Å²) in [5, 5.41) is 5.76. The molecule has 1 aliphatic carbocycles. The summed E-state index contributed by atoms with van der Waals surface area (Å²) in [7, 11) is 0. The topological polar surface area (TPSA) is 82.1 Å². The third-order valence-electron chi connectivity index (χ3n) is 10.7. The van der Waals surface area contributed by atoms with Crippen LogP contribution in [0.15, 0.2) is 91.5 Å². The lowest BCUT2D eigenvalue weighted by molar-refractivity contribution is 0.102. The fourth-order valence-electron chi connectivity index (χ4n) is 8.00. The quantitative estimate of drug-likeness (QED) is 0.162. The molecule has 1 saturated carbocycles. The number of imidazole rings is 1. The number of aromatic nitrogens is 4. The summed E-state index contributed by atoms with van der Waals surface area (Å²) in [5.41, 5.74) is 6.78. The van der Waals surface area contributed by atoms with Gasteiger partial charge in [0.25, 0.3) is 5.91 Å². The van der Waals surface area contributed by atoms with Crippen LogP contribution in [0.5, 0.6) is 0 Å². The Morgan fingerprint density at radius 2 is 1.65 bits per heavy atom. The van der Waals surface area contributed by atoms with E-state index in [9.17, 15) is 4.79 Å². The van der Waals surface area contributed by atoms with Gasteiger partial charge in [-0.15, -0.1) is 0 Å². The second-order valence-corrected chi connectivity index (χ2v) is 15.1. The van der Waals surface area contributed by atoms with Gasteiger partial charge in [0.2, 0.25) is 0 Å². The minimum Gasteiger partial charge on any atom is -0.367 e. The van der Waals surface area contributed by atoms with Crippen LogP contribution >= 0.6 is 34.8 Å². The highest BCUT2D eigenvalue weighted by Crippen LogP contribution is 2.42. The molecule has 6 aromatic rings. The molecule has 1 atom stereocenters. The van der Waals surface area contributed by atoms with Crippen LogP contribution in [0.3, 0.4) is 0 Å². The molecule has 0 radical (unpaired) electrons. The minimum atomic E-state index is -0.290. The van der Waals surface area contributed by atoms with Crippen LogP contribution in [0.2, 0.25) is 15.1 Å². The van der Waals surface area contributed by atoms with Crippen LogP contribution in [0.4, 0.5) is 11.4 Å². The highest BCUT2D eigenvalue weighted by atomic mass is 35.5. The number of carbonyl (C=O) groups is 1. The van der Waals surface area contributed by atoms with E-state index in [2.05, 4.69) is 36.6 Å². The highest BCUT2D eigenvalue weighted by molar-refractivity contribution is 6.35. The van der Waals surface area contributed by atoms with E-state index in [4.69, 9.17) is 39.8 Å². The average molecular weight is 753 g/mol. The molecule has 2 N–H and O–H groups in total. The molecule has 2 aliphatic rings. The van der Waals surface area contributed by atoms with Gasteiger partial charge in [0.05, 0.1) is 41.3 Å². The van der Waals surface area contributed by atoms with Gasteiger partial charge in [0.1, 0.15) is 5.69 Å². The third kappa shape index (κ3) is 6.81. The number of hydrogen-bond donors (Lipinski definition) is 2. The maximum Gasteiger partial charge on any atom is 0.272 e. The number of carbonyl (C=O) groups excluding carboxylic acids is 1. The molecule has 1 amide bonds. The third-order valence-corrected chi connectivity index (χ3v) is 11.5. The van der Waals surface area contributed by atoms with Crippen molar-refractivity contribution in [2.45, 2.75) is 51.1 Å². The number of benzene rings is 3. The Labute approximate surface area is 318 Å². The Bertz CT molecular complexity index is 2220. The average Bonchev–Trinajstić information content (AvgIpc) is 3.77. The van der Waals surface area contributed by atoms with Crippen molar-refractivity contribution in [1.29, 1.82) is 0 Å². The molecule has 266 valence electrons. The van der Waals surface area contributed by atoms with E-state index in [0.29, 0.717) is 38.1 Å². The van der Waals surface area contributed by atoms with Crippen LogP contribution in [-0.4, -0.2) is 62.5 Å². The highest BCUT2D eigenvalue weighted by Gasteiger charge is 2.30. The maximum atomic E-state index is 14.7. The summed E-state index contributed by atoms with van der Waals surface area (Å²) in [6, 6.07) is 23.6. The van der Waals surface area contributed by atoms with E-state index in [1.807, 2.05) is 73.1 Å². The normalized spacial score (nSPS) is 16.3. The predicted octanol–water partition coefficient (Wildman–Crippen LogP) is 10.4. The summed E-state index contributed by atoms with van der Waals surface area (Å²) in [4.78, 5) is 32.5. The molecule has 4 heterocycles. The lowest BCUT2D eigenvalue weighted by atomic mass is 9.94. The Hall–Kier alpha value is -4.34. The number of pyridine rings is 1. The van der Waals surface area contributed by atoms with Gasteiger partial charge in [0.15, 0.2) is 0 Å². The number of fused-ring (bicyclic) bond motifs is 1. The second-order valence-electron chi connectivity index (χ2n) is 13.8. The zero-order valence-corrected chi connectivity index (χ0v) is 31.2. The van der Waals surface area contributed by atoms with Gasteiger partial charge < -0.3 is 19.8 Å². The number of anilines is 2. The summed E-state index contributed by atoms with van der Waals surface area (Å²) in [5.74, 6) is -0.290. The molecule has 52 heavy (non-hydrogen) atoms. The Morgan fingerprint density at radius 3 is 2.42 bits per heavy atom. The molecule has 2 fully saturated rings. The number of piperazine rings is 1. The van der Waals surface area contributed by atoms with Crippen LogP contribution in [-0.2, 0) is 0 Å². The smallest absolute Gasteiger partial charge is 0.272 e. The first-order valence-corrected chi connectivity index (χ1v) is 19.1. The van der Waals surface area contributed by atoms with Crippen molar-refractivity contribution in [2.24, 2.45) is 0 Å². The number of halogens is 3. The molecule has 1 aliphatic heterocycles. The van der Waals surface area contributed by atoms with E-state index < -0.39 is 0 Å². The number of amides is 1. The first kappa shape index (κ1) is 34.7. The lowest BCUT2D eigenvalue weighted by Gasteiger charge is -2.41. The first-order chi connectivity index (χ1) is 25.4. The molecule has 0 bridgehead atoms. The molecule has 3 aromatic heterocycles. The first-order valence-electron chi connectivity index (χ1n) is 18.0. The zero-order chi connectivity index (χ0) is 35.8. The Kier molecular flexibility index (Phi) is 9.99. The summed E-state index contributed by atoms with van der Waals surface area (Å²) in [6.07, 6.45) is 12.0. The van der Waals surface area contributed by atoms with E-state index in [-0.39, 0.29) is 11.9 Å². The molecule has 8 rings (SSSR count). The van der Waals surface area contributed by atoms with Crippen LogP contribution in [0.1, 0.15) is 61.1 Å². The van der Waals surface area contributed by atoms with Gasteiger partial charge in [-0.3, -0.25) is 14.7 Å². The van der Waals surface area contributed by atoms with Gasteiger partial charge in [-0.05, 0) is 55.7 Å². The number of nitrogens with zero attached hydrogens (tertiary/aromatic N) is 5. The molecule has 1 saturated heterocycles. The summed E-state index contributed by atoms with van der Waals surface area (Å²) < 4.78 is 2.08. The molecular formula is C41H40Cl3N7O. The van der Waals surface area contributed by atoms with Crippen molar-refractivity contribution >= 4 is 63.0 Å². The maximum absolute atomic E-state index is 14.7. The van der Waals surface area contributed by atoms with Crippen LogP contribution in [0, 0.1) is 0 Å². The van der Waals surface area contributed by atoms with Crippen LogP contribution < -0.4 is 10.2 Å². The molecule has 8 nitrogen and oxygen atoms in total. The summed E-state index contributed by atoms with van der Waals surface area (Å²) in [6.45, 7) is 5.87. The second kappa shape index (κ2) is 15.0. The summed E-state index contributed by atoms with van der Waals surface area (Å²) >= 11 is 19.6. The zero-order valence-electron chi connectivity index (χ0n) is 29.0. The number of nitrogens with one attached hydrogen (secondary N) is 2. The van der Waals surface area contributed by atoms with Gasteiger partial charge in [-0.2, -0.15) is 0 Å². The van der Waals surface area contributed by atoms with Crippen molar-refractivity contribution in [2.75, 3.05) is 36.4 Å². The molecule has 0 spiro atoms. The lowest BCUT2D eigenvalue weighted by Crippen LogP contribution is -2.51. The van der Waals surface area contributed by atoms with Gasteiger partial charge in [-0.25, -0.2) is 4.98 Å². The SMILES string of the molecule is CC(c1ccc(Cl)cc1Cl)n1cnc(-c2ccccc2)c1-c1c(C(=O)Nc2cnccc2N2CCN(C3CCCCC3)CC2)[nH]c2cc(Cl)ccc12. The monoisotopic (exact) mass is 751 g/mol. The molecule has 3 aromatic carbocycles. The van der Waals surface area contributed by atoms with E-state index in [0.717, 1.165) is 65.3 Å². The van der Waals surface area contributed by atoms with Gasteiger partial charge in [0, 0.05) is 75.5 Å². The van der Waals surface area contributed by atoms with E-state index >= 15 is 0 Å². The number of rotatable bonds is 8. The molecule has 11 heteroatoms. The number of aromatic amines is 1. The number of H-pyrrole nitrogens is 1. The van der Waals surface area contributed by atoms with Crippen molar-refractivity contribution in [3.8, 4) is 22.5 Å². The van der Waals surface area contributed by atoms with Crippen molar-refractivity contribution in [3.05, 3.63) is 118 Å². The van der Waals surface area contributed by atoms with Gasteiger partial charge in [-0.1, -0.05) is 96.5 Å². The molecule has 1 unspecified atom stereocenters.